The highest BCUT2D eigenvalue weighted by Gasteiger charge is 2.28. The summed E-state index contributed by atoms with van der Waals surface area (Å²) in [6.07, 6.45) is 1.85. The summed E-state index contributed by atoms with van der Waals surface area (Å²) in [5.41, 5.74) is 5.90. The largest absolute Gasteiger partial charge is 0.508 e. The molecule has 4 N–H and O–H groups in total. The van der Waals surface area contributed by atoms with Crippen LogP contribution in [0.2, 0.25) is 0 Å². The Morgan fingerprint density at radius 3 is 2.59 bits per heavy atom. The molecule has 1 aromatic rings. The molecule has 1 amide bonds. The molecule has 17 heavy (non-hydrogen) atoms. The number of nitrogens with two attached hydrogens (primary N) is 1. The van der Waals surface area contributed by atoms with Gasteiger partial charge in [-0.05, 0) is 25.0 Å². The lowest BCUT2D eigenvalue weighted by molar-refractivity contribution is 0.0740. The zero-order valence-electron chi connectivity index (χ0n) is 9.47. The zero-order chi connectivity index (χ0) is 12.4. The van der Waals surface area contributed by atoms with Gasteiger partial charge in [-0.1, -0.05) is 0 Å². The van der Waals surface area contributed by atoms with Gasteiger partial charge in [0.15, 0.2) is 0 Å². The average molecular weight is 236 g/mol. The van der Waals surface area contributed by atoms with Crippen LogP contribution in [0.5, 0.6) is 11.5 Å². The number of phenols is 2. The van der Waals surface area contributed by atoms with Gasteiger partial charge in [-0.2, -0.15) is 0 Å². The Morgan fingerprint density at radius 2 is 2.00 bits per heavy atom. The Morgan fingerprint density at radius 1 is 1.35 bits per heavy atom. The van der Waals surface area contributed by atoms with Crippen LogP contribution in [0.15, 0.2) is 18.2 Å². The first-order chi connectivity index (χ1) is 8.11. The maximum Gasteiger partial charge on any atom is 0.254 e. The first kappa shape index (κ1) is 11.7. The third-order valence-corrected chi connectivity index (χ3v) is 3.06. The lowest BCUT2D eigenvalue weighted by Crippen LogP contribution is -2.39. The number of rotatable bonds is 2. The van der Waals surface area contributed by atoms with E-state index in [4.69, 9.17) is 5.73 Å². The minimum atomic E-state index is -0.191. The van der Waals surface area contributed by atoms with E-state index in [0.29, 0.717) is 18.7 Å². The highest BCUT2D eigenvalue weighted by Crippen LogP contribution is 2.24. The molecule has 1 saturated heterocycles. The van der Waals surface area contributed by atoms with E-state index in [2.05, 4.69) is 0 Å². The van der Waals surface area contributed by atoms with Crippen molar-refractivity contribution >= 4 is 5.91 Å². The molecule has 1 atom stereocenters. The van der Waals surface area contributed by atoms with Crippen LogP contribution in [0.25, 0.3) is 0 Å². The van der Waals surface area contributed by atoms with E-state index in [0.717, 1.165) is 12.8 Å². The van der Waals surface area contributed by atoms with E-state index >= 15 is 0 Å². The third kappa shape index (κ3) is 2.34. The summed E-state index contributed by atoms with van der Waals surface area (Å²) < 4.78 is 0. The Bertz CT molecular complexity index is 414. The van der Waals surface area contributed by atoms with Gasteiger partial charge in [0.2, 0.25) is 0 Å². The molecule has 0 spiro atoms. The number of hydrogen-bond acceptors (Lipinski definition) is 4. The number of amides is 1. The second-order valence-electron chi connectivity index (χ2n) is 4.27. The molecule has 1 aliphatic heterocycles. The Labute approximate surface area is 99.5 Å². The predicted molar refractivity (Wildman–Crippen MR) is 62.9 cm³/mol. The molecule has 0 radical (unpaired) electrons. The van der Waals surface area contributed by atoms with Crippen LogP contribution in [0.3, 0.4) is 0 Å². The minimum absolute atomic E-state index is 0.0620. The number of hydrogen-bond donors (Lipinski definition) is 3. The van der Waals surface area contributed by atoms with Gasteiger partial charge in [0, 0.05) is 30.8 Å². The van der Waals surface area contributed by atoms with Gasteiger partial charge in [0.05, 0.1) is 0 Å². The van der Waals surface area contributed by atoms with Crippen LogP contribution in [-0.2, 0) is 0 Å². The summed E-state index contributed by atoms with van der Waals surface area (Å²) in [6, 6.07) is 3.97. The maximum absolute atomic E-state index is 12.2. The fraction of sp³-hybridized carbons (Fsp3) is 0.417. The van der Waals surface area contributed by atoms with Crippen molar-refractivity contribution in [2.24, 2.45) is 5.73 Å². The van der Waals surface area contributed by atoms with Gasteiger partial charge < -0.3 is 20.8 Å². The first-order valence-electron chi connectivity index (χ1n) is 5.66. The quantitative estimate of drug-likeness (QED) is 0.704. The lowest BCUT2D eigenvalue weighted by Gasteiger charge is -2.23. The highest BCUT2D eigenvalue weighted by atomic mass is 16.3. The van der Waals surface area contributed by atoms with Gasteiger partial charge in [-0.25, -0.2) is 0 Å². The van der Waals surface area contributed by atoms with Crippen LogP contribution in [0.4, 0.5) is 0 Å². The van der Waals surface area contributed by atoms with Gasteiger partial charge in [-0.15, -0.1) is 0 Å². The van der Waals surface area contributed by atoms with E-state index in [1.54, 1.807) is 4.90 Å². The molecular weight excluding hydrogens is 220 g/mol. The molecule has 1 unspecified atom stereocenters. The summed E-state index contributed by atoms with van der Waals surface area (Å²) in [6.45, 7) is 1.12. The summed E-state index contributed by atoms with van der Waals surface area (Å²) in [5, 5.41) is 18.7. The topological polar surface area (TPSA) is 86.8 Å². The number of phenolic OH excluding ortho intramolecular Hbond substituents is 2. The van der Waals surface area contributed by atoms with Crippen molar-refractivity contribution in [1.29, 1.82) is 0 Å². The van der Waals surface area contributed by atoms with E-state index in [1.165, 1.54) is 18.2 Å². The molecule has 1 heterocycles. The van der Waals surface area contributed by atoms with Crippen molar-refractivity contribution in [2.45, 2.75) is 18.9 Å². The number of likely N-dealkylation sites (tertiary alicyclic amines) is 1. The van der Waals surface area contributed by atoms with Crippen LogP contribution in [-0.4, -0.2) is 40.2 Å². The average Bonchev–Trinajstić information content (AvgIpc) is 2.74. The molecule has 2 rings (SSSR count). The van der Waals surface area contributed by atoms with Gasteiger partial charge in [0.25, 0.3) is 5.91 Å². The second kappa shape index (κ2) is 4.63. The molecule has 1 aromatic carbocycles. The minimum Gasteiger partial charge on any atom is -0.508 e. The van der Waals surface area contributed by atoms with Crippen molar-refractivity contribution in [3.63, 3.8) is 0 Å². The molecule has 1 fully saturated rings. The monoisotopic (exact) mass is 236 g/mol. The number of benzene rings is 1. The second-order valence-corrected chi connectivity index (χ2v) is 4.27. The van der Waals surface area contributed by atoms with Gasteiger partial charge in [0.1, 0.15) is 11.5 Å². The van der Waals surface area contributed by atoms with Crippen LogP contribution >= 0.6 is 0 Å². The summed E-state index contributed by atoms with van der Waals surface area (Å²) in [4.78, 5) is 13.9. The van der Waals surface area contributed by atoms with E-state index in [9.17, 15) is 15.0 Å². The van der Waals surface area contributed by atoms with Gasteiger partial charge in [-0.3, -0.25) is 4.79 Å². The zero-order valence-corrected chi connectivity index (χ0v) is 9.47. The highest BCUT2D eigenvalue weighted by molar-refractivity contribution is 5.95. The SMILES string of the molecule is NCC1CCCN1C(=O)c1cc(O)cc(O)c1. The lowest BCUT2D eigenvalue weighted by atomic mass is 10.1. The molecule has 92 valence electrons. The molecule has 0 bridgehead atoms. The number of nitrogens with zero attached hydrogens (tertiary/aromatic N) is 1. The van der Waals surface area contributed by atoms with Gasteiger partial charge >= 0.3 is 0 Å². The summed E-state index contributed by atoms with van der Waals surface area (Å²) in [7, 11) is 0. The number of carbonyl (C=O) groups is 1. The van der Waals surface area contributed by atoms with Crippen molar-refractivity contribution < 1.29 is 15.0 Å². The van der Waals surface area contributed by atoms with E-state index < -0.39 is 0 Å². The summed E-state index contributed by atoms with van der Waals surface area (Å²) in [5.74, 6) is -0.419. The van der Waals surface area contributed by atoms with Crippen molar-refractivity contribution in [2.75, 3.05) is 13.1 Å². The van der Waals surface area contributed by atoms with Crippen molar-refractivity contribution in [1.82, 2.24) is 4.90 Å². The van der Waals surface area contributed by atoms with E-state index in [-0.39, 0.29) is 23.4 Å². The van der Waals surface area contributed by atoms with Crippen molar-refractivity contribution in [3.05, 3.63) is 23.8 Å². The van der Waals surface area contributed by atoms with Crippen LogP contribution < -0.4 is 5.73 Å². The van der Waals surface area contributed by atoms with E-state index in [1.807, 2.05) is 0 Å². The molecule has 1 aliphatic rings. The smallest absolute Gasteiger partial charge is 0.254 e. The Balaban J connectivity index is 2.24. The first-order valence-corrected chi connectivity index (χ1v) is 5.66. The number of carbonyl (C=O) groups excluding carboxylic acids is 1. The van der Waals surface area contributed by atoms with Crippen LogP contribution in [0.1, 0.15) is 23.2 Å². The fourth-order valence-corrected chi connectivity index (χ4v) is 2.23. The Kier molecular flexibility index (Phi) is 3.19. The molecule has 5 nitrogen and oxygen atoms in total. The maximum atomic E-state index is 12.2. The molecule has 0 saturated carbocycles. The van der Waals surface area contributed by atoms with Crippen LogP contribution in [0, 0.1) is 0 Å². The third-order valence-electron chi connectivity index (χ3n) is 3.06. The number of aromatic hydroxyl groups is 2. The summed E-state index contributed by atoms with van der Waals surface area (Å²) >= 11 is 0. The predicted octanol–water partition coefficient (Wildman–Crippen LogP) is 0.661. The van der Waals surface area contributed by atoms with Crippen molar-refractivity contribution in [3.8, 4) is 11.5 Å². The molecule has 0 aliphatic carbocycles. The Hall–Kier alpha value is -1.75. The molecular formula is C12H16N2O3. The molecule has 0 aromatic heterocycles. The standard InChI is InChI=1S/C12H16N2O3/c13-7-9-2-1-3-14(9)12(17)8-4-10(15)6-11(16)5-8/h4-6,9,15-16H,1-3,7,13H2. The normalized spacial score (nSPS) is 19.6. The molecule has 5 heteroatoms. The fourth-order valence-electron chi connectivity index (χ4n) is 2.23.